The summed E-state index contributed by atoms with van der Waals surface area (Å²) in [6.07, 6.45) is -0.270. The lowest BCUT2D eigenvalue weighted by molar-refractivity contribution is -0.140. The van der Waals surface area contributed by atoms with Crippen molar-refractivity contribution in [2.45, 2.75) is 31.3 Å². The number of ether oxygens (including phenoxy) is 1. The molecule has 182 valence electrons. The van der Waals surface area contributed by atoms with Crippen LogP contribution in [0.2, 0.25) is 0 Å². The molecular weight excluding hydrogens is 458 g/mol. The number of amides is 1. The van der Waals surface area contributed by atoms with Crippen LogP contribution in [0.25, 0.3) is 11.1 Å². The van der Waals surface area contributed by atoms with Gasteiger partial charge in [-0.3, -0.25) is 0 Å². The number of carbonyl (C=O) groups excluding carboxylic acids is 1. The molecule has 9 heteroatoms. The van der Waals surface area contributed by atoms with Crippen LogP contribution in [0.4, 0.5) is 4.79 Å². The quantitative estimate of drug-likeness (QED) is 0.386. The van der Waals surface area contributed by atoms with Crippen molar-refractivity contribution >= 4 is 12.1 Å². The predicted molar refractivity (Wildman–Crippen MR) is 131 cm³/mol. The Bertz CT molecular complexity index is 1340. The standard InChI is InChI=1S/C27H25N5O4/c1-17(26(33)34)32-25(29-30-31-32)24(15-18-9-3-2-4-10-18)28-27(35)36-16-23-21-13-7-5-11-19(21)20-12-6-8-14-22(20)23/h2-14,17,23-24H,15-16H2,1H3,(H,28,35)(H,33,34)/t17-,24-/m0/s1. The number of hydrogen-bond donors (Lipinski definition) is 2. The van der Waals surface area contributed by atoms with Crippen molar-refractivity contribution in [2.75, 3.05) is 6.61 Å². The highest BCUT2D eigenvalue weighted by atomic mass is 16.5. The van der Waals surface area contributed by atoms with Gasteiger partial charge in [0, 0.05) is 12.3 Å². The Labute approximate surface area is 207 Å². The van der Waals surface area contributed by atoms with E-state index in [-0.39, 0.29) is 18.3 Å². The first-order chi connectivity index (χ1) is 17.5. The summed E-state index contributed by atoms with van der Waals surface area (Å²) in [5, 5.41) is 23.9. The summed E-state index contributed by atoms with van der Waals surface area (Å²) in [4.78, 5) is 24.6. The second-order valence-corrected chi connectivity index (χ2v) is 8.71. The molecule has 0 saturated carbocycles. The second kappa shape index (κ2) is 9.99. The number of nitrogens with zero attached hydrogens (tertiary/aromatic N) is 4. The van der Waals surface area contributed by atoms with Crippen LogP contribution in [0.3, 0.4) is 0 Å². The molecule has 2 N–H and O–H groups in total. The van der Waals surface area contributed by atoms with Crippen molar-refractivity contribution in [2.24, 2.45) is 0 Å². The summed E-state index contributed by atoms with van der Waals surface area (Å²) in [7, 11) is 0. The summed E-state index contributed by atoms with van der Waals surface area (Å²) >= 11 is 0. The second-order valence-electron chi connectivity index (χ2n) is 8.71. The number of tetrazole rings is 1. The van der Waals surface area contributed by atoms with Crippen LogP contribution in [0.1, 0.15) is 47.4 Å². The Morgan fingerprint density at radius 3 is 2.22 bits per heavy atom. The third kappa shape index (κ3) is 4.55. The number of aliphatic carboxylic acids is 1. The van der Waals surface area contributed by atoms with E-state index in [4.69, 9.17) is 4.74 Å². The Kier molecular flexibility index (Phi) is 6.44. The molecule has 4 aromatic rings. The van der Waals surface area contributed by atoms with E-state index in [1.807, 2.05) is 54.6 Å². The van der Waals surface area contributed by atoms with Gasteiger partial charge < -0.3 is 15.2 Å². The first-order valence-corrected chi connectivity index (χ1v) is 11.7. The minimum atomic E-state index is -1.08. The normalized spacial score (nSPS) is 13.9. The largest absolute Gasteiger partial charge is 0.480 e. The fraction of sp³-hybridized carbons (Fsp3) is 0.222. The smallest absolute Gasteiger partial charge is 0.407 e. The topological polar surface area (TPSA) is 119 Å². The summed E-state index contributed by atoms with van der Waals surface area (Å²) in [5.41, 5.74) is 5.45. The van der Waals surface area contributed by atoms with E-state index in [0.29, 0.717) is 6.42 Å². The first kappa shape index (κ1) is 23.2. The average Bonchev–Trinajstić information content (AvgIpc) is 3.50. The number of aromatic nitrogens is 4. The Balaban J connectivity index is 1.35. The van der Waals surface area contributed by atoms with Crippen molar-refractivity contribution in [3.8, 4) is 11.1 Å². The van der Waals surface area contributed by atoms with Crippen molar-refractivity contribution in [1.82, 2.24) is 25.5 Å². The number of hydrogen-bond acceptors (Lipinski definition) is 6. The number of carboxylic acids is 1. The highest BCUT2D eigenvalue weighted by Crippen LogP contribution is 2.44. The maximum Gasteiger partial charge on any atom is 0.407 e. The predicted octanol–water partition coefficient (Wildman–Crippen LogP) is 4.14. The van der Waals surface area contributed by atoms with Crippen molar-refractivity contribution in [1.29, 1.82) is 0 Å². The number of alkyl carbamates (subject to hydrolysis) is 1. The van der Waals surface area contributed by atoms with E-state index < -0.39 is 24.1 Å². The molecule has 0 spiro atoms. The van der Waals surface area contributed by atoms with E-state index in [0.717, 1.165) is 27.8 Å². The van der Waals surface area contributed by atoms with Crippen LogP contribution in [-0.4, -0.2) is 44.0 Å². The number of rotatable bonds is 8. The third-order valence-electron chi connectivity index (χ3n) is 6.47. The van der Waals surface area contributed by atoms with Gasteiger partial charge in [0.05, 0.1) is 6.04 Å². The molecule has 3 aromatic carbocycles. The molecule has 36 heavy (non-hydrogen) atoms. The lowest BCUT2D eigenvalue weighted by Crippen LogP contribution is -2.34. The zero-order valence-electron chi connectivity index (χ0n) is 19.6. The van der Waals surface area contributed by atoms with E-state index in [9.17, 15) is 14.7 Å². The van der Waals surface area contributed by atoms with Gasteiger partial charge in [0.15, 0.2) is 11.9 Å². The number of nitrogens with one attached hydrogen (secondary N) is 1. The van der Waals surface area contributed by atoms with Gasteiger partial charge in [-0.1, -0.05) is 78.9 Å². The highest BCUT2D eigenvalue weighted by molar-refractivity contribution is 5.79. The van der Waals surface area contributed by atoms with E-state index in [2.05, 4.69) is 45.1 Å². The molecule has 1 heterocycles. The molecule has 0 saturated heterocycles. The molecule has 0 unspecified atom stereocenters. The minimum absolute atomic E-state index is 0.0759. The fourth-order valence-electron chi connectivity index (χ4n) is 4.65. The Morgan fingerprint density at radius 2 is 1.58 bits per heavy atom. The molecule has 1 aliphatic carbocycles. The summed E-state index contributed by atoms with van der Waals surface area (Å²) in [5.74, 6) is -0.918. The summed E-state index contributed by atoms with van der Waals surface area (Å²) in [6.45, 7) is 1.64. The maximum absolute atomic E-state index is 13.0. The van der Waals surface area contributed by atoms with Gasteiger partial charge in [0.1, 0.15) is 6.61 Å². The Morgan fingerprint density at radius 1 is 0.972 bits per heavy atom. The summed E-state index contributed by atoms with van der Waals surface area (Å²) in [6, 6.07) is 24.1. The molecule has 1 amide bonds. The molecule has 9 nitrogen and oxygen atoms in total. The molecule has 2 atom stereocenters. The lowest BCUT2D eigenvalue weighted by Gasteiger charge is -2.20. The fourth-order valence-corrected chi connectivity index (χ4v) is 4.65. The number of benzene rings is 3. The molecule has 0 aliphatic heterocycles. The molecule has 1 aliphatic rings. The monoisotopic (exact) mass is 483 g/mol. The average molecular weight is 484 g/mol. The summed E-state index contributed by atoms with van der Waals surface area (Å²) < 4.78 is 6.92. The van der Waals surface area contributed by atoms with Gasteiger partial charge in [-0.05, 0) is 45.2 Å². The third-order valence-corrected chi connectivity index (χ3v) is 6.47. The molecule has 0 fully saturated rings. The van der Waals surface area contributed by atoms with Gasteiger partial charge >= 0.3 is 12.1 Å². The van der Waals surface area contributed by atoms with Crippen LogP contribution in [0.5, 0.6) is 0 Å². The van der Waals surface area contributed by atoms with Gasteiger partial charge in [-0.2, -0.15) is 0 Å². The lowest BCUT2D eigenvalue weighted by atomic mass is 9.98. The molecule has 0 bridgehead atoms. The maximum atomic E-state index is 13.0. The van der Waals surface area contributed by atoms with E-state index >= 15 is 0 Å². The SMILES string of the molecule is C[C@@H](C(=O)O)n1nnnc1[C@H](Cc1ccccc1)NC(=O)OCC1c2ccccc2-c2ccccc21. The van der Waals surface area contributed by atoms with Gasteiger partial charge in [-0.15, -0.1) is 5.10 Å². The molecule has 5 rings (SSSR count). The van der Waals surface area contributed by atoms with Crippen LogP contribution in [-0.2, 0) is 16.0 Å². The van der Waals surface area contributed by atoms with Crippen LogP contribution < -0.4 is 5.32 Å². The number of fused-ring (bicyclic) bond motifs is 3. The zero-order chi connectivity index (χ0) is 25.1. The van der Waals surface area contributed by atoms with E-state index in [1.54, 1.807) is 0 Å². The van der Waals surface area contributed by atoms with Crippen molar-refractivity contribution in [3.05, 3.63) is 101 Å². The number of carbonyl (C=O) groups is 2. The van der Waals surface area contributed by atoms with Crippen LogP contribution in [0.15, 0.2) is 78.9 Å². The van der Waals surface area contributed by atoms with Crippen molar-refractivity contribution < 1.29 is 19.4 Å². The van der Waals surface area contributed by atoms with Gasteiger partial charge in [0.2, 0.25) is 0 Å². The minimum Gasteiger partial charge on any atom is -0.480 e. The van der Waals surface area contributed by atoms with Gasteiger partial charge in [0.25, 0.3) is 0 Å². The van der Waals surface area contributed by atoms with Crippen LogP contribution >= 0.6 is 0 Å². The van der Waals surface area contributed by atoms with E-state index in [1.165, 1.54) is 11.6 Å². The van der Waals surface area contributed by atoms with Crippen molar-refractivity contribution in [3.63, 3.8) is 0 Å². The molecule has 0 radical (unpaired) electrons. The number of carboxylic acid groups (broad SMARTS) is 1. The van der Waals surface area contributed by atoms with Gasteiger partial charge in [-0.25, -0.2) is 14.3 Å². The highest BCUT2D eigenvalue weighted by Gasteiger charge is 2.31. The first-order valence-electron chi connectivity index (χ1n) is 11.7. The zero-order valence-corrected chi connectivity index (χ0v) is 19.6. The van der Waals surface area contributed by atoms with Crippen LogP contribution in [0, 0.1) is 0 Å². The Hall–Kier alpha value is -4.53. The molecule has 1 aromatic heterocycles. The molecular formula is C27H25N5O4.